The van der Waals surface area contributed by atoms with Crippen LogP contribution in [0.15, 0.2) is 18.2 Å². The van der Waals surface area contributed by atoms with E-state index >= 15 is 0 Å². The summed E-state index contributed by atoms with van der Waals surface area (Å²) in [7, 11) is 0. The predicted octanol–water partition coefficient (Wildman–Crippen LogP) is 2.32. The number of anilines is 1. The summed E-state index contributed by atoms with van der Waals surface area (Å²) in [6, 6.07) is 5.88. The van der Waals surface area contributed by atoms with E-state index in [0.29, 0.717) is 6.54 Å². The molecule has 2 nitrogen and oxygen atoms in total. The predicted molar refractivity (Wildman–Crippen MR) is 61.7 cm³/mol. The van der Waals surface area contributed by atoms with Crippen LogP contribution >= 0.6 is 34.2 Å². The van der Waals surface area contributed by atoms with Crippen LogP contribution in [0.1, 0.15) is 0 Å². The zero-order valence-corrected chi connectivity index (χ0v) is 9.39. The SMILES string of the molecule is NCCNc1ccc(I)cc1Cl. The van der Waals surface area contributed by atoms with Crippen LogP contribution < -0.4 is 11.1 Å². The van der Waals surface area contributed by atoms with E-state index in [-0.39, 0.29) is 0 Å². The van der Waals surface area contributed by atoms with Crippen LogP contribution in [0.25, 0.3) is 0 Å². The molecular weight excluding hydrogens is 286 g/mol. The topological polar surface area (TPSA) is 38.0 Å². The van der Waals surface area contributed by atoms with E-state index in [0.717, 1.165) is 20.8 Å². The first kappa shape index (κ1) is 10.1. The molecule has 3 N–H and O–H groups in total. The minimum absolute atomic E-state index is 0.613. The molecule has 0 spiro atoms. The Bertz CT molecular complexity index is 265. The zero-order chi connectivity index (χ0) is 8.97. The highest BCUT2D eigenvalue weighted by Gasteiger charge is 1.98. The van der Waals surface area contributed by atoms with Gasteiger partial charge in [0.25, 0.3) is 0 Å². The van der Waals surface area contributed by atoms with Gasteiger partial charge in [0.05, 0.1) is 10.7 Å². The lowest BCUT2D eigenvalue weighted by Gasteiger charge is -2.06. The first-order chi connectivity index (χ1) is 5.74. The Morgan fingerprint density at radius 3 is 2.83 bits per heavy atom. The first-order valence-corrected chi connectivity index (χ1v) is 5.08. The third-order valence-electron chi connectivity index (χ3n) is 1.39. The highest BCUT2D eigenvalue weighted by atomic mass is 127. The van der Waals surface area contributed by atoms with Gasteiger partial charge in [0.1, 0.15) is 0 Å². The Labute approximate surface area is 90.6 Å². The average Bonchev–Trinajstić information content (AvgIpc) is 2.03. The molecule has 0 atom stereocenters. The van der Waals surface area contributed by atoms with Crippen molar-refractivity contribution in [3.05, 3.63) is 26.8 Å². The summed E-state index contributed by atoms with van der Waals surface area (Å²) in [5.41, 5.74) is 6.30. The number of nitrogens with two attached hydrogens (primary N) is 1. The molecule has 0 radical (unpaired) electrons. The maximum Gasteiger partial charge on any atom is 0.0648 e. The van der Waals surface area contributed by atoms with Crippen LogP contribution in [0.5, 0.6) is 0 Å². The monoisotopic (exact) mass is 296 g/mol. The summed E-state index contributed by atoms with van der Waals surface area (Å²) in [5.74, 6) is 0. The van der Waals surface area contributed by atoms with Crippen molar-refractivity contribution >= 4 is 39.9 Å². The van der Waals surface area contributed by atoms with E-state index in [9.17, 15) is 0 Å². The van der Waals surface area contributed by atoms with Crippen LogP contribution in [0.4, 0.5) is 5.69 Å². The molecule has 0 aliphatic carbocycles. The largest absolute Gasteiger partial charge is 0.383 e. The summed E-state index contributed by atoms with van der Waals surface area (Å²) in [5, 5.41) is 3.88. The Morgan fingerprint density at radius 1 is 1.50 bits per heavy atom. The van der Waals surface area contributed by atoms with Crippen molar-refractivity contribution in [2.45, 2.75) is 0 Å². The molecule has 1 aromatic rings. The van der Waals surface area contributed by atoms with Crippen molar-refractivity contribution in [2.75, 3.05) is 18.4 Å². The van der Waals surface area contributed by atoms with Gasteiger partial charge in [-0.1, -0.05) is 11.6 Å². The van der Waals surface area contributed by atoms with Gasteiger partial charge in [-0.05, 0) is 40.8 Å². The molecule has 0 saturated heterocycles. The number of benzene rings is 1. The van der Waals surface area contributed by atoms with Gasteiger partial charge in [-0.25, -0.2) is 0 Å². The summed E-state index contributed by atoms with van der Waals surface area (Å²) < 4.78 is 1.14. The Balaban J connectivity index is 2.72. The van der Waals surface area contributed by atoms with E-state index < -0.39 is 0 Å². The van der Waals surface area contributed by atoms with E-state index in [1.54, 1.807) is 0 Å². The lowest BCUT2D eigenvalue weighted by molar-refractivity contribution is 1.02. The van der Waals surface area contributed by atoms with E-state index in [2.05, 4.69) is 27.9 Å². The molecule has 0 heterocycles. The standard InChI is InChI=1S/C8H10ClIN2/c9-7-5-6(10)1-2-8(7)12-4-3-11/h1-2,5,12H,3-4,11H2. The fourth-order valence-corrected chi connectivity index (χ4v) is 1.76. The second-order valence-corrected chi connectivity index (χ2v) is 3.99. The number of hydrogen-bond acceptors (Lipinski definition) is 2. The summed E-state index contributed by atoms with van der Waals surface area (Å²) in [6.07, 6.45) is 0. The van der Waals surface area contributed by atoms with Gasteiger partial charge in [-0.2, -0.15) is 0 Å². The van der Waals surface area contributed by atoms with E-state index in [1.807, 2.05) is 18.2 Å². The fourth-order valence-electron chi connectivity index (χ4n) is 0.840. The molecule has 0 unspecified atom stereocenters. The van der Waals surface area contributed by atoms with Gasteiger partial charge in [0.2, 0.25) is 0 Å². The summed E-state index contributed by atoms with van der Waals surface area (Å²) in [6.45, 7) is 1.36. The molecular formula is C8H10ClIN2. The smallest absolute Gasteiger partial charge is 0.0648 e. The van der Waals surface area contributed by atoms with Crippen molar-refractivity contribution in [1.82, 2.24) is 0 Å². The lowest BCUT2D eigenvalue weighted by Crippen LogP contribution is -2.13. The third-order valence-corrected chi connectivity index (χ3v) is 2.37. The van der Waals surface area contributed by atoms with Gasteiger partial charge in [0, 0.05) is 16.7 Å². The molecule has 0 bridgehead atoms. The molecule has 12 heavy (non-hydrogen) atoms. The quantitative estimate of drug-likeness (QED) is 0.840. The molecule has 0 aliphatic heterocycles. The number of nitrogens with one attached hydrogen (secondary N) is 1. The molecule has 0 amide bonds. The second-order valence-electron chi connectivity index (χ2n) is 2.34. The number of halogens is 2. The second kappa shape index (κ2) is 4.89. The van der Waals surface area contributed by atoms with Crippen LogP contribution in [0.3, 0.4) is 0 Å². The van der Waals surface area contributed by atoms with E-state index in [1.165, 1.54) is 0 Å². The van der Waals surface area contributed by atoms with Crippen molar-refractivity contribution in [2.24, 2.45) is 5.73 Å². The van der Waals surface area contributed by atoms with Crippen molar-refractivity contribution in [3.63, 3.8) is 0 Å². The van der Waals surface area contributed by atoms with Gasteiger partial charge in [0.15, 0.2) is 0 Å². The van der Waals surface area contributed by atoms with Crippen LogP contribution in [0.2, 0.25) is 5.02 Å². The molecule has 0 fully saturated rings. The van der Waals surface area contributed by atoms with Crippen molar-refractivity contribution in [3.8, 4) is 0 Å². The maximum atomic E-state index is 5.96. The Kier molecular flexibility index (Phi) is 4.11. The Morgan fingerprint density at radius 2 is 2.25 bits per heavy atom. The van der Waals surface area contributed by atoms with Gasteiger partial charge in [-0.15, -0.1) is 0 Å². The molecule has 66 valence electrons. The van der Waals surface area contributed by atoms with Crippen LogP contribution in [-0.4, -0.2) is 13.1 Å². The molecule has 1 rings (SSSR count). The lowest BCUT2D eigenvalue weighted by atomic mass is 10.3. The highest BCUT2D eigenvalue weighted by Crippen LogP contribution is 2.23. The van der Waals surface area contributed by atoms with Gasteiger partial charge < -0.3 is 11.1 Å². The zero-order valence-electron chi connectivity index (χ0n) is 6.48. The number of hydrogen-bond donors (Lipinski definition) is 2. The third kappa shape index (κ3) is 2.80. The first-order valence-electron chi connectivity index (χ1n) is 3.63. The normalized spacial score (nSPS) is 9.92. The fraction of sp³-hybridized carbons (Fsp3) is 0.250. The van der Waals surface area contributed by atoms with Crippen LogP contribution in [-0.2, 0) is 0 Å². The minimum Gasteiger partial charge on any atom is -0.383 e. The van der Waals surface area contributed by atoms with Crippen molar-refractivity contribution < 1.29 is 0 Å². The van der Waals surface area contributed by atoms with Crippen LogP contribution in [0, 0.1) is 3.57 Å². The summed E-state index contributed by atoms with van der Waals surface area (Å²) >= 11 is 8.18. The average molecular weight is 297 g/mol. The molecule has 1 aromatic carbocycles. The molecule has 4 heteroatoms. The Hall–Kier alpha value is -0.0000000000000000555. The molecule has 0 aromatic heterocycles. The van der Waals surface area contributed by atoms with Gasteiger partial charge >= 0.3 is 0 Å². The van der Waals surface area contributed by atoms with E-state index in [4.69, 9.17) is 17.3 Å². The van der Waals surface area contributed by atoms with Crippen molar-refractivity contribution in [1.29, 1.82) is 0 Å². The maximum absolute atomic E-state index is 5.96. The minimum atomic E-state index is 0.613. The molecule has 0 saturated carbocycles. The summed E-state index contributed by atoms with van der Waals surface area (Å²) in [4.78, 5) is 0. The number of rotatable bonds is 3. The molecule has 0 aliphatic rings. The highest BCUT2D eigenvalue weighted by molar-refractivity contribution is 14.1. The van der Waals surface area contributed by atoms with Gasteiger partial charge in [-0.3, -0.25) is 0 Å².